The van der Waals surface area contributed by atoms with Crippen LogP contribution in [0.4, 0.5) is 0 Å². The van der Waals surface area contributed by atoms with Crippen LogP contribution in [0, 0.1) is 0 Å². The van der Waals surface area contributed by atoms with E-state index in [1.807, 2.05) is 53.4 Å². The van der Waals surface area contributed by atoms with Crippen LogP contribution in [0.25, 0.3) is 5.69 Å². The second-order valence-electron chi connectivity index (χ2n) is 6.19. The molecule has 4 nitrogen and oxygen atoms in total. The molecule has 2 aromatic carbocycles. The molecule has 1 heterocycles. The van der Waals surface area contributed by atoms with E-state index in [0.29, 0.717) is 12.1 Å². The van der Waals surface area contributed by atoms with Crippen LogP contribution in [0.1, 0.15) is 36.2 Å². The van der Waals surface area contributed by atoms with E-state index in [0.717, 1.165) is 17.7 Å². The van der Waals surface area contributed by atoms with Gasteiger partial charge in [-0.05, 0) is 31.0 Å². The van der Waals surface area contributed by atoms with Crippen molar-refractivity contribution < 1.29 is 4.79 Å². The molecule has 0 bridgehead atoms. The molecule has 128 valence electrons. The minimum Gasteiger partial charge on any atom is -0.332 e. The van der Waals surface area contributed by atoms with Crippen LogP contribution in [-0.4, -0.2) is 26.6 Å². The van der Waals surface area contributed by atoms with Crippen molar-refractivity contribution in [3.8, 4) is 5.69 Å². The van der Waals surface area contributed by atoms with Gasteiger partial charge in [0.15, 0.2) is 0 Å². The van der Waals surface area contributed by atoms with Crippen molar-refractivity contribution in [1.82, 2.24) is 14.7 Å². The molecule has 3 rings (SSSR count). The van der Waals surface area contributed by atoms with Crippen molar-refractivity contribution in [3.63, 3.8) is 0 Å². The van der Waals surface area contributed by atoms with Crippen molar-refractivity contribution >= 4 is 5.91 Å². The fourth-order valence-corrected chi connectivity index (χ4v) is 2.75. The Balaban J connectivity index is 1.84. The zero-order valence-corrected chi connectivity index (χ0v) is 14.7. The van der Waals surface area contributed by atoms with Crippen molar-refractivity contribution in [2.24, 2.45) is 0 Å². The molecule has 0 spiro atoms. The summed E-state index contributed by atoms with van der Waals surface area (Å²) in [5.41, 5.74) is 2.69. The first-order chi connectivity index (χ1) is 12.2. The summed E-state index contributed by atoms with van der Waals surface area (Å²) in [6, 6.07) is 20.1. The summed E-state index contributed by atoms with van der Waals surface area (Å²) < 4.78 is 1.74. The lowest BCUT2D eigenvalue weighted by Gasteiger charge is -2.28. The molecule has 0 N–H and O–H groups in total. The van der Waals surface area contributed by atoms with Crippen molar-refractivity contribution in [2.75, 3.05) is 0 Å². The number of hydrogen-bond acceptors (Lipinski definition) is 2. The first-order valence-corrected chi connectivity index (χ1v) is 8.64. The summed E-state index contributed by atoms with van der Waals surface area (Å²) >= 11 is 0. The highest BCUT2D eigenvalue weighted by Gasteiger charge is 2.22. The molecule has 0 saturated carbocycles. The number of benzene rings is 2. The van der Waals surface area contributed by atoms with E-state index in [4.69, 9.17) is 0 Å². The Morgan fingerprint density at radius 3 is 2.36 bits per heavy atom. The Morgan fingerprint density at radius 1 is 1.08 bits per heavy atom. The standard InChI is InChI=1S/C21H23N3O/c1-3-17(2)23(15-18-10-6-4-7-11-18)21(25)19-14-22-24(16-19)20-12-8-5-9-13-20/h4-14,16-17H,3,15H2,1-2H3. The summed E-state index contributed by atoms with van der Waals surface area (Å²) in [6.45, 7) is 4.79. The Hall–Kier alpha value is -2.88. The zero-order valence-electron chi connectivity index (χ0n) is 14.7. The second kappa shape index (κ2) is 7.79. The Kier molecular flexibility index (Phi) is 5.29. The smallest absolute Gasteiger partial charge is 0.257 e. The number of carbonyl (C=O) groups excluding carboxylic acids is 1. The van der Waals surface area contributed by atoms with Crippen molar-refractivity contribution in [3.05, 3.63) is 84.2 Å². The van der Waals surface area contributed by atoms with E-state index >= 15 is 0 Å². The molecule has 1 unspecified atom stereocenters. The van der Waals surface area contributed by atoms with Gasteiger partial charge in [0.2, 0.25) is 0 Å². The quantitative estimate of drug-likeness (QED) is 0.674. The summed E-state index contributed by atoms with van der Waals surface area (Å²) in [4.78, 5) is 15.0. The van der Waals surface area contributed by atoms with Gasteiger partial charge in [0, 0.05) is 18.8 Å². The van der Waals surface area contributed by atoms with Gasteiger partial charge in [-0.3, -0.25) is 4.79 Å². The average molecular weight is 333 g/mol. The lowest BCUT2D eigenvalue weighted by Crippen LogP contribution is -2.37. The molecule has 1 amide bonds. The zero-order chi connectivity index (χ0) is 17.6. The molecule has 0 aliphatic heterocycles. The topological polar surface area (TPSA) is 38.1 Å². The van der Waals surface area contributed by atoms with Gasteiger partial charge in [0.25, 0.3) is 5.91 Å². The fraction of sp³-hybridized carbons (Fsp3) is 0.238. The highest BCUT2D eigenvalue weighted by molar-refractivity contribution is 5.94. The maximum Gasteiger partial charge on any atom is 0.257 e. The minimum absolute atomic E-state index is 0.0142. The van der Waals surface area contributed by atoms with E-state index in [2.05, 4.69) is 31.1 Å². The van der Waals surface area contributed by atoms with E-state index in [1.54, 1.807) is 17.1 Å². The molecule has 1 aromatic heterocycles. The van der Waals surface area contributed by atoms with E-state index in [1.165, 1.54) is 0 Å². The van der Waals surface area contributed by atoms with E-state index in [9.17, 15) is 4.79 Å². The van der Waals surface area contributed by atoms with Gasteiger partial charge in [-0.15, -0.1) is 0 Å². The lowest BCUT2D eigenvalue weighted by atomic mass is 10.1. The highest BCUT2D eigenvalue weighted by Crippen LogP contribution is 2.16. The van der Waals surface area contributed by atoms with Crippen LogP contribution in [0.5, 0.6) is 0 Å². The third-order valence-corrected chi connectivity index (χ3v) is 4.43. The number of rotatable bonds is 6. The summed E-state index contributed by atoms with van der Waals surface area (Å²) in [6.07, 6.45) is 4.36. The second-order valence-corrected chi connectivity index (χ2v) is 6.19. The number of carbonyl (C=O) groups is 1. The predicted molar refractivity (Wildman–Crippen MR) is 99.6 cm³/mol. The normalized spacial score (nSPS) is 11.9. The van der Waals surface area contributed by atoms with Crippen LogP contribution >= 0.6 is 0 Å². The molecule has 1 atom stereocenters. The maximum atomic E-state index is 13.1. The molecule has 0 aliphatic carbocycles. The van der Waals surface area contributed by atoms with Crippen LogP contribution < -0.4 is 0 Å². The number of para-hydroxylation sites is 1. The molecular weight excluding hydrogens is 310 g/mol. The van der Waals surface area contributed by atoms with Gasteiger partial charge in [0.1, 0.15) is 0 Å². The van der Waals surface area contributed by atoms with Crippen molar-refractivity contribution in [1.29, 1.82) is 0 Å². The van der Waals surface area contributed by atoms with Crippen molar-refractivity contribution in [2.45, 2.75) is 32.9 Å². The van der Waals surface area contributed by atoms with Crippen LogP contribution in [-0.2, 0) is 6.54 Å². The average Bonchev–Trinajstić information content (AvgIpc) is 3.17. The molecule has 4 heteroatoms. The molecule has 0 fully saturated rings. The minimum atomic E-state index is 0.0142. The third kappa shape index (κ3) is 3.97. The van der Waals surface area contributed by atoms with Gasteiger partial charge in [-0.2, -0.15) is 5.10 Å². The SMILES string of the molecule is CCC(C)N(Cc1ccccc1)C(=O)c1cnn(-c2ccccc2)c1. The van der Waals surface area contributed by atoms with Gasteiger partial charge in [-0.1, -0.05) is 55.5 Å². The fourth-order valence-electron chi connectivity index (χ4n) is 2.75. The molecule has 0 aliphatic rings. The summed E-state index contributed by atoms with van der Waals surface area (Å²) in [5.74, 6) is 0.0142. The summed E-state index contributed by atoms with van der Waals surface area (Å²) in [5, 5.41) is 4.35. The number of amides is 1. The highest BCUT2D eigenvalue weighted by atomic mass is 16.2. The van der Waals surface area contributed by atoms with Crippen LogP contribution in [0.2, 0.25) is 0 Å². The molecule has 25 heavy (non-hydrogen) atoms. The van der Waals surface area contributed by atoms with Crippen LogP contribution in [0.3, 0.4) is 0 Å². The molecule has 0 saturated heterocycles. The first kappa shape index (κ1) is 17.0. The monoisotopic (exact) mass is 333 g/mol. The largest absolute Gasteiger partial charge is 0.332 e. The van der Waals surface area contributed by atoms with Crippen LogP contribution in [0.15, 0.2) is 73.1 Å². The van der Waals surface area contributed by atoms with Gasteiger partial charge in [0.05, 0.1) is 17.4 Å². The molecule has 3 aromatic rings. The Bertz CT molecular complexity index is 811. The Morgan fingerprint density at radius 2 is 1.72 bits per heavy atom. The van der Waals surface area contributed by atoms with Gasteiger partial charge in [-0.25, -0.2) is 4.68 Å². The molecular formula is C21H23N3O. The van der Waals surface area contributed by atoms with Gasteiger partial charge < -0.3 is 4.90 Å². The van der Waals surface area contributed by atoms with E-state index in [-0.39, 0.29) is 11.9 Å². The first-order valence-electron chi connectivity index (χ1n) is 8.64. The van der Waals surface area contributed by atoms with Gasteiger partial charge >= 0.3 is 0 Å². The summed E-state index contributed by atoms with van der Waals surface area (Å²) in [7, 11) is 0. The Labute approximate surface area is 148 Å². The lowest BCUT2D eigenvalue weighted by molar-refractivity contribution is 0.0671. The predicted octanol–water partition coefficient (Wildman–Crippen LogP) is 4.31. The number of aromatic nitrogens is 2. The molecule has 0 radical (unpaired) electrons. The number of nitrogens with zero attached hydrogens (tertiary/aromatic N) is 3. The maximum absolute atomic E-state index is 13.1. The van der Waals surface area contributed by atoms with E-state index < -0.39 is 0 Å². The number of hydrogen-bond donors (Lipinski definition) is 0. The third-order valence-electron chi connectivity index (χ3n) is 4.43.